The highest BCUT2D eigenvalue weighted by Crippen LogP contribution is 2.26. The van der Waals surface area contributed by atoms with Crippen LogP contribution in [0.25, 0.3) is 11.4 Å². The smallest absolute Gasteiger partial charge is 0.181 e. The Bertz CT molecular complexity index is 830. The summed E-state index contributed by atoms with van der Waals surface area (Å²) in [6.07, 6.45) is 0. The minimum atomic E-state index is 0.296. The van der Waals surface area contributed by atoms with E-state index in [0.29, 0.717) is 29.8 Å². The molecule has 1 N–H and O–H groups in total. The van der Waals surface area contributed by atoms with Crippen LogP contribution >= 0.6 is 0 Å². The third kappa shape index (κ3) is 4.36. The number of ether oxygens (including phenoxy) is 2. The van der Waals surface area contributed by atoms with Crippen LogP contribution in [0.2, 0.25) is 0 Å². The second kappa shape index (κ2) is 7.81. The number of hydrogen-bond acceptors (Lipinski definition) is 5. The van der Waals surface area contributed by atoms with Crippen molar-refractivity contribution in [3.8, 4) is 22.9 Å². The Labute approximate surface area is 147 Å². The lowest BCUT2D eigenvalue weighted by Crippen LogP contribution is -2.10. The molecule has 0 radical (unpaired) electrons. The molecule has 0 atom stereocenters. The van der Waals surface area contributed by atoms with Crippen molar-refractivity contribution in [2.45, 2.75) is 13.2 Å². The van der Waals surface area contributed by atoms with Crippen molar-refractivity contribution >= 4 is 0 Å². The van der Waals surface area contributed by atoms with Crippen molar-refractivity contribution in [3.63, 3.8) is 0 Å². The van der Waals surface area contributed by atoms with Crippen molar-refractivity contribution in [2.75, 3.05) is 21.2 Å². The Morgan fingerprint density at radius 1 is 1.04 bits per heavy atom. The highest BCUT2D eigenvalue weighted by atomic mass is 16.5. The largest absolute Gasteiger partial charge is 0.493 e. The Kier molecular flexibility index (Phi) is 5.30. The van der Waals surface area contributed by atoms with Gasteiger partial charge in [-0.15, -0.1) is 0 Å². The van der Waals surface area contributed by atoms with Gasteiger partial charge in [0.05, 0.1) is 7.11 Å². The number of benzene rings is 2. The van der Waals surface area contributed by atoms with E-state index in [2.05, 4.69) is 32.2 Å². The summed E-state index contributed by atoms with van der Waals surface area (Å²) in [7, 11) is 5.72. The number of methoxy groups -OCH3 is 1. The number of nitrogens with zero attached hydrogens (tertiary/aromatic N) is 3. The number of para-hydroxylation sites is 2. The minimum absolute atomic E-state index is 0.296. The maximum atomic E-state index is 5.77. The zero-order valence-corrected chi connectivity index (χ0v) is 14.7. The second-order valence-electron chi connectivity index (χ2n) is 5.98. The maximum absolute atomic E-state index is 5.77. The lowest BCUT2D eigenvalue weighted by molar-refractivity contribution is 0.277. The molecule has 0 saturated carbocycles. The Hall–Kier alpha value is -2.86. The first kappa shape index (κ1) is 17.0. The zero-order chi connectivity index (χ0) is 17.6. The molecule has 0 aliphatic heterocycles. The first-order chi connectivity index (χ1) is 12.2. The Balaban J connectivity index is 1.70. The third-order valence-electron chi connectivity index (χ3n) is 3.65. The molecule has 0 spiro atoms. The molecule has 1 aromatic heterocycles. The van der Waals surface area contributed by atoms with Crippen molar-refractivity contribution in [2.24, 2.45) is 0 Å². The van der Waals surface area contributed by atoms with Gasteiger partial charge in [-0.25, -0.2) is 4.98 Å². The molecule has 3 aromatic rings. The van der Waals surface area contributed by atoms with Crippen molar-refractivity contribution in [3.05, 3.63) is 59.9 Å². The van der Waals surface area contributed by atoms with Crippen LogP contribution < -0.4 is 9.47 Å². The summed E-state index contributed by atoms with van der Waals surface area (Å²) >= 11 is 0. The molecule has 25 heavy (non-hydrogen) atoms. The van der Waals surface area contributed by atoms with E-state index in [1.807, 2.05) is 50.5 Å². The van der Waals surface area contributed by atoms with Gasteiger partial charge >= 0.3 is 0 Å². The van der Waals surface area contributed by atoms with Crippen molar-refractivity contribution in [1.82, 2.24) is 20.1 Å². The number of H-pyrrole nitrogens is 1. The molecule has 0 fully saturated rings. The summed E-state index contributed by atoms with van der Waals surface area (Å²) in [6.45, 7) is 1.17. The molecule has 0 aliphatic carbocycles. The number of nitrogens with one attached hydrogen (secondary N) is 1. The molecule has 0 saturated heterocycles. The summed E-state index contributed by atoms with van der Waals surface area (Å²) in [4.78, 5) is 6.65. The third-order valence-corrected chi connectivity index (χ3v) is 3.65. The van der Waals surface area contributed by atoms with Crippen LogP contribution in [0, 0.1) is 0 Å². The molecule has 1 heterocycles. The van der Waals surface area contributed by atoms with E-state index in [1.165, 1.54) is 5.56 Å². The topological polar surface area (TPSA) is 63.3 Å². The molecule has 0 bridgehead atoms. The fourth-order valence-corrected chi connectivity index (χ4v) is 2.55. The van der Waals surface area contributed by atoms with Gasteiger partial charge in [-0.3, -0.25) is 5.10 Å². The van der Waals surface area contributed by atoms with Gasteiger partial charge in [0.15, 0.2) is 23.1 Å². The quantitative estimate of drug-likeness (QED) is 0.717. The van der Waals surface area contributed by atoms with Gasteiger partial charge in [-0.2, -0.15) is 5.10 Å². The van der Waals surface area contributed by atoms with E-state index < -0.39 is 0 Å². The lowest BCUT2D eigenvalue weighted by Gasteiger charge is -2.09. The average Bonchev–Trinajstić information content (AvgIpc) is 3.09. The molecular weight excluding hydrogens is 316 g/mol. The van der Waals surface area contributed by atoms with Gasteiger partial charge in [0.2, 0.25) is 0 Å². The molecule has 6 heteroatoms. The molecule has 0 amide bonds. The fourth-order valence-electron chi connectivity index (χ4n) is 2.55. The van der Waals surface area contributed by atoms with E-state index in [-0.39, 0.29) is 0 Å². The number of aromatic nitrogens is 3. The van der Waals surface area contributed by atoms with Crippen LogP contribution in [0.15, 0.2) is 48.5 Å². The highest BCUT2D eigenvalue weighted by molar-refractivity contribution is 5.55. The highest BCUT2D eigenvalue weighted by Gasteiger charge is 2.09. The van der Waals surface area contributed by atoms with E-state index >= 15 is 0 Å². The maximum Gasteiger partial charge on any atom is 0.181 e. The summed E-state index contributed by atoms with van der Waals surface area (Å²) in [5.41, 5.74) is 2.21. The molecule has 2 aromatic carbocycles. The van der Waals surface area contributed by atoms with E-state index in [4.69, 9.17) is 9.47 Å². The van der Waals surface area contributed by atoms with E-state index in [1.54, 1.807) is 7.11 Å². The molecule has 3 rings (SSSR count). The summed E-state index contributed by atoms with van der Waals surface area (Å²) < 4.78 is 11.1. The minimum Gasteiger partial charge on any atom is -0.493 e. The number of aromatic amines is 1. The van der Waals surface area contributed by atoms with Crippen LogP contribution in [-0.2, 0) is 13.2 Å². The zero-order valence-electron chi connectivity index (χ0n) is 14.7. The van der Waals surface area contributed by atoms with Crippen molar-refractivity contribution < 1.29 is 9.47 Å². The van der Waals surface area contributed by atoms with E-state index in [0.717, 1.165) is 12.1 Å². The van der Waals surface area contributed by atoms with Crippen LogP contribution in [0.5, 0.6) is 11.5 Å². The number of hydrogen-bond donors (Lipinski definition) is 1. The van der Waals surface area contributed by atoms with Crippen LogP contribution in [0.4, 0.5) is 0 Å². The second-order valence-corrected chi connectivity index (χ2v) is 5.98. The first-order valence-corrected chi connectivity index (χ1v) is 8.07. The predicted octanol–water partition coefficient (Wildman–Crippen LogP) is 3.12. The van der Waals surface area contributed by atoms with Gasteiger partial charge in [0, 0.05) is 12.1 Å². The SMILES string of the molecule is COc1ccccc1OCc1nc(-c2cccc(CN(C)C)c2)n[nH]1. The van der Waals surface area contributed by atoms with Crippen LogP contribution in [-0.4, -0.2) is 41.3 Å². The Morgan fingerprint density at radius 2 is 1.84 bits per heavy atom. The van der Waals surface area contributed by atoms with Gasteiger partial charge in [-0.05, 0) is 37.9 Å². The standard InChI is InChI=1S/C19H22N4O2/c1-23(2)12-14-7-6-8-15(11-14)19-20-18(21-22-19)13-25-17-10-5-4-9-16(17)24-3/h4-11H,12-13H2,1-3H3,(H,20,21,22). The van der Waals surface area contributed by atoms with E-state index in [9.17, 15) is 0 Å². The molecule has 0 unspecified atom stereocenters. The van der Waals surface area contributed by atoms with Gasteiger partial charge < -0.3 is 14.4 Å². The van der Waals surface area contributed by atoms with Gasteiger partial charge in [0.25, 0.3) is 0 Å². The molecule has 6 nitrogen and oxygen atoms in total. The summed E-state index contributed by atoms with van der Waals surface area (Å²) in [5.74, 6) is 2.70. The molecule has 130 valence electrons. The van der Waals surface area contributed by atoms with Gasteiger partial charge in [0.1, 0.15) is 6.61 Å². The molecule has 0 aliphatic rings. The number of rotatable bonds is 7. The fraction of sp³-hybridized carbons (Fsp3) is 0.263. The Morgan fingerprint density at radius 3 is 2.60 bits per heavy atom. The first-order valence-electron chi connectivity index (χ1n) is 8.07. The summed E-state index contributed by atoms with van der Waals surface area (Å²) in [5, 5.41) is 7.24. The summed E-state index contributed by atoms with van der Waals surface area (Å²) in [6, 6.07) is 15.8. The average molecular weight is 338 g/mol. The monoisotopic (exact) mass is 338 g/mol. The van der Waals surface area contributed by atoms with Crippen LogP contribution in [0.3, 0.4) is 0 Å². The van der Waals surface area contributed by atoms with Crippen LogP contribution in [0.1, 0.15) is 11.4 Å². The van der Waals surface area contributed by atoms with Crippen molar-refractivity contribution in [1.29, 1.82) is 0 Å². The molecular formula is C19H22N4O2. The lowest BCUT2D eigenvalue weighted by atomic mass is 10.1. The normalized spacial score (nSPS) is 10.9. The van der Waals surface area contributed by atoms with Gasteiger partial charge in [-0.1, -0.05) is 30.3 Å². The predicted molar refractivity (Wildman–Crippen MR) is 96.5 cm³/mol.